The van der Waals surface area contributed by atoms with Gasteiger partial charge >= 0.3 is 0 Å². The molecule has 1 unspecified atom stereocenters. The molecule has 4 rings (SSSR count). The summed E-state index contributed by atoms with van der Waals surface area (Å²) in [5.74, 6) is 0.490. The van der Waals surface area contributed by atoms with Crippen LogP contribution in [0.3, 0.4) is 0 Å². The van der Waals surface area contributed by atoms with E-state index in [2.05, 4.69) is 20.4 Å². The first-order chi connectivity index (χ1) is 12.0. The van der Waals surface area contributed by atoms with E-state index >= 15 is 0 Å². The maximum Gasteiger partial charge on any atom is 0.247 e. The molecule has 3 atom stereocenters. The van der Waals surface area contributed by atoms with Gasteiger partial charge < -0.3 is 4.74 Å². The fraction of sp³-hybridized carbons (Fsp3) is 0.562. The molecule has 4 heterocycles. The van der Waals surface area contributed by atoms with Crippen molar-refractivity contribution in [2.75, 3.05) is 0 Å². The summed E-state index contributed by atoms with van der Waals surface area (Å²) in [5, 5.41) is 14.6. The number of fused-ring (bicyclic) bond motifs is 2. The second kappa shape index (κ2) is 6.06. The Morgan fingerprint density at radius 3 is 2.52 bits per heavy atom. The lowest BCUT2D eigenvalue weighted by molar-refractivity contribution is 0.0909. The summed E-state index contributed by atoms with van der Waals surface area (Å²) in [5.41, 5.74) is 1.12. The van der Waals surface area contributed by atoms with Gasteiger partial charge in [0.25, 0.3) is 0 Å². The molecule has 25 heavy (non-hydrogen) atoms. The molecule has 2 fully saturated rings. The molecule has 0 spiro atoms. The van der Waals surface area contributed by atoms with Crippen molar-refractivity contribution in [2.45, 2.75) is 62.6 Å². The van der Waals surface area contributed by atoms with Crippen molar-refractivity contribution >= 4 is 10.0 Å². The fourth-order valence-electron chi connectivity index (χ4n) is 4.12. The summed E-state index contributed by atoms with van der Waals surface area (Å²) in [4.78, 5) is 0.317. The summed E-state index contributed by atoms with van der Waals surface area (Å²) in [6.07, 6.45) is 4.62. The Kier molecular flexibility index (Phi) is 3.99. The summed E-state index contributed by atoms with van der Waals surface area (Å²) in [6.45, 7) is 3.47. The topological polar surface area (TPSA) is 101 Å². The number of sulfonamides is 1. The molecule has 8 nitrogen and oxygen atoms in total. The van der Waals surface area contributed by atoms with Crippen molar-refractivity contribution in [1.29, 1.82) is 0 Å². The van der Waals surface area contributed by atoms with E-state index < -0.39 is 10.0 Å². The molecule has 2 bridgehead atoms. The van der Waals surface area contributed by atoms with Gasteiger partial charge in [-0.2, -0.15) is 14.5 Å². The second-order valence-electron chi connectivity index (χ2n) is 6.76. The number of rotatable bonds is 4. The van der Waals surface area contributed by atoms with Gasteiger partial charge in [-0.1, -0.05) is 0 Å². The largest absolute Gasteiger partial charge is 0.473 e. The van der Waals surface area contributed by atoms with Crippen LogP contribution < -0.4 is 4.74 Å². The highest BCUT2D eigenvalue weighted by Gasteiger charge is 2.49. The Balaban J connectivity index is 1.57. The zero-order chi connectivity index (χ0) is 17.6. The SMILES string of the molecule is Cc1n[nH]c(C)c1S(=O)(=O)N1[C@@H]2CC[C@H]1CC(Oc1cccnn1)C2. The highest BCUT2D eigenvalue weighted by molar-refractivity contribution is 7.89. The van der Waals surface area contributed by atoms with Gasteiger partial charge in [-0.05, 0) is 32.8 Å². The van der Waals surface area contributed by atoms with Crippen LogP contribution >= 0.6 is 0 Å². The summed E-state index contributed by atoms with van der Waals surface area (Å²) < 4.78 is 34.0. The number of nitrogens with zero attached hydrogens (tertiary/aromatic N) is 4. The molecule has 2 aliphatic heterocycles. The molecule has 0 aromatic carbocycles. The van der Waals surface area contributed by atoms with E-state index in [4.69, 9.17) is 4.74 Å². The van der Waals surface area contributed by atoms with Crippen LogP contribution in [-0.4, -0.2) is 51.3 Å². The van der Waals surface area contributed by atoms with E-state index in [0.29, 0.717) is 35.0 Å². The molecule has 2 aromatic heterocycles. The number of piperidine rings is 1. The van der Waals surface area contributed by atoms with Gasteiger partial charge in [0.05, 0.1) is 11.4 Å². The molecule has 0 aliphatic carbocycles. The molecule has 134 valence electrons. The van der Waals surface area contributed by atoms with Crippen molar-refractivity contribution in [3.8, 4) is 5.88 Å². The van der Waals surface area contributed by atoms with E-state index in [1.807, 2.05) is 0 Å². The zero-order valence-electron chi connectivity index (χ0n) is 14.2. The van der Waals surface area contributed by atoms with Crippen LogP contribution in [-0.2, 0) is 10.0 Å². The van der Waals surface area contributed by atoms with E-state index in [0.717, 1.165) is 12.8 Å². The van der Waals surface area contributed by atoms with Gasteiger partial charge in [0, 0.05) is 37.2 Å². The maximum absolute atomic E-state index is 13.2. The molecular weight excluding hydrogens is 342 g/mol. The Bertz CT molecular complexity index is 834. The first kappa shape index (κ1) is 16.5. The third kappa shape index (κ3) is 2.81. The molecule has 0 radical (unpaired) electrons. The summed E-state index contributed by atoms with van der Waals surface area (Å²) in [6, 6.07) is 3.47. The smallest absolute Gasteiger partial charge is 0.247 e. The molecule has 0 saturated carbocycles. The summed E-state index contributed by atoms with van der Waals surface area (Å²) in [7, 11) is -3.56. The lowest BCUT2D eigenvalue weighted by Gasteiger charge is -2.37. The average molecular weight is 363 g/mol. The normalized spacial score (nSPS) is 26.7. The standard InChI is InChI=1S/C16H21N5O3S/c1-10-16(11(2)19-18-10)25(22,23)21-12-5-6-13(21)9-14(8-12)24-15-4-3-7-17-20-15/h3-4,7,12-14H,5-6,8-9H2,1-2H3,(H,18,19)/t12-,13+,14?. The number of aromatic nitrogens is 4. The van der Waals surface area contributed by atoms with Crippen LogP contribution in [0.1, 0.15) is 37.1 Å². The van der Waals surface area contributed by atoms with Crippen molar-refractivity contribution in [3.05, 3.63) is 29.7 Å². The predicted octanol–water partition coefficient (Wildman–Crippen LogP) is 1.58. The van der Waals surface area contributed by atoms with Crippen molar-refractivity contribution in [1.82, 2.24) is 24.7 Å². The van der Waals surface area contributed by atoms with Gasteiger partial charge in [0.15, 0.2) is 0 Å². The number of aryl methyl sites for hydroxylation is 2. The van der Waals surface area contributed by atoms with Crippen LogP contribution in [0.2, 0.25) is 0 Å². The van der Waals surface area contributed by atoms with Crippen molar-refractivity contribution < 1.29 is 13.2 Å². The van der Waals surface area contributed by atoms with E-state index in [9.17, 15) is 8.42 Å². The van der Waals surface area contributed by atoms with Crippen LogP contribution in [0.25, 0.3) is 0 Å². The van der Waals surface area contributed by atoms with Crippen LogP contribution in [0.15, 0.2) is 23.2 Å². The number of aromatic amines is 1. The Morgan fingerprint density at radius 2 is 1.96 bits per heavy atom. The zero-order valence-corrected chi connectivity index (χ0v) is 15.0. The third-order valence-corrected chi connectivity index (χ3v) is 7.32. The lowest BCUT2D eigenvalue weighted by atomic mass is 10.0. The minimum atomic E-state index is -3.56. The molecule has 1 N–H and O–H groups in total. The number of nitrogens with one attached hydrogen (secondary N) is 1. The van der Waals surface area contributed by atoms with Gasteiger partial charge in [0.1, 0.15) is 11.0 Å². The van der Waals surface area contributed by atoms with Crippen LogP contribution in [0, 0.1) is 13.8 Å². The average Bonchev–Trinajstić information content (AvgIpc) is 3.06. The van der Waals surface area contributed by atoms with Gasteiger partial charge in [-0.25, -0.2) is 8.42 Å². The van der Waals surface area contributed by atoms with Crippen LogP contribution in [0.4, 0.5) is 0 Å². The lowest BCUT2D eigenvalue weighted by Crippen LogP contribution is -2.49. The minimum absolute atomic E-state index is 0.0350. The number of hydrogen-bond donors (Lipinski definition) is 1. The Morgan fingerprint density at radius 1 is 1.24 bits per heavy atom. The highest BCUT2D eigenvalue weighted by atomic mass is 32.2. The number of ether oxygens (including phenoxy) is 1. The van der Waals surface area contributed by atoms with Gasteiger partial charge in [-0.15, -0.1) is 5.10 Å². The monoisotopic (exact) mass is 363 g/mol. The summed E-state index contributed by atoms with van der Waals surface area (Å²) >= 11 is 0. The minimum Gasteiger partial charge on any atom is -0.473 e. The van der Waals surface area contributed by atoms with Gasteiger partial charge in [0.2, 0.25) is 15.9 Å². The first-order valence-corrected chi connectivity index (χ1v) is 9.90. The van der Waals surface area contributed by atoms with Crippen molar-refractivity contribution in [2.24, 2.45) is 0 Å². The molecule has 2 aromatic rings. The molecule has 2 saturated heterocycles. The fourth-order valence-corrected chi connectivity index (χ4v) is 6.35. The highest BCUT2D eigenvalue weighted by Crippen LogP contribution is 2.41. The van der Waals surface area contributed by atoms with Crippen LogP contribution in [0.5, 0.6) is 5.88 Å². The maximum atomic E-state index is 13.2. The van der Waals surface area contributed by atoms with E-state index in [1.165, 1.54) is 0 Å². The second-order valence-corrected chi connectivity index (χ2v) is 8.54. The van der Waals surface area contributed by atoms with E-state index in [-0.39, 0.29) is 18.2 Å². The third-order valence-electron chi connectivity index (χ3n) is 5.05. The molecule has 2 aliphatic rings. The molecule has 9 heteroatoms. The van der Waals surface area contributed by atoms with E-state index in [1.54, 1.807) is 36.5 Å². The predicted molar refractivity (Wildman–Crippen MR) is 89.6 cm³/mol. The number of hydrogen-bond acceptors (Lipinski definition) is 6. The first-order valence-electron chi connectivity index (χ1n) is 8.46. The Hall–Kier alpha value is -2.00. The quantitative estimate of drug-likeness (QED) is 0.885. The van der Waals surface area contributed by atoms with Crippen molar-refractivity contribution in [3.63, 3.8) is 0 Å². The Labute approximate surface area is 146 Å². The molecule has 0 amide bonds. The molecular formula is C16H21N5O3S. The van der Waals surface area contributed by atoms with Gasteiger partial charge in [-0.3, -0.25) is 5.10 Å². The number of H-pyrrole nitrogens is 1.